The maximum absolute atomic E-state index is 13.0. The van der Waals surface area contributed by atoms with Gasteiger partial charge in [0.25, 0.3) is 5.91 Å². The Morgan fingerprint density at radius 2 is 1.72 bits per heavy atom. The van der Waals surface area contributed by atoms with E-state index in [1.165, 1.54) is 0 Å². The van der Waals surface area contributed by atoms with Gasteiger partial charge in [0.15, 0.2) is 0 Å². The normalized spacial score (nSPS) is 14.7. The first kappa shape index (κ1) is 21.2. The first-order valence-corrected chi connectivity index (χ1v) is 10.9. The van der Waals surface area contributed by atoms with Crippen LogP contribution in [0.25, 0.3) is 0 Å². The zero-order chi connectivity index (χ0) is 20.8. The number of ether oxygens (including phenoxy) is 1. The number of piperidine rings is 1. The Morgan fingerprint density at radius 3 is 2.41 bits per heavy atom. The van der Waals surface area contributed by atoms with Crippen LogP contribution in [-0.4, -0.2) is 42.2 Å². The number of carbonyl (C=O) groups is 2. The molecule has 29 heavy (non-hydrogen) atoms. The van der Waals surface area contributed by atoms with Crippen molar-refractivity contribution >= 4 is 29.3 Å². The summed E-state index contributed by atoms with van der Waals surface area (Å²) in [5.74, 6) is 0.576. The Morgan fingerprint density at radius 1 is 1.07 bits per heavy atom. The number of methoxy groups -OCH3 is 1. The highest BCUT2D eigenvalue weighted by atomic mass is 32.2. The number of para-hydroxylation sites is 2. The second kappa shape index (κ2) is 9.83. The van der Waals surface area contributed by atoms with Gasteiger partial charge < -0.3 is 15.0 Å². The maximum Gasteiger partial charge on any atom is 0.254 e. The highest BCUT2D eigenvalue weighted by Crippen LogP contribution is 2.29. The van der Waals surface area contributed by atoms with Crippen LogP contribution in [-0.2, 0) is 4.79 Å². The molecule has 1 heterocycles. The van der Waals surface area contributed by atoms with Crippen molar-refractivity contribution in [1.29, 1.82) is 0 Å². The van der Waals surface area contributed by atoms with Crippen molar-refractivity contribution < 1.29 is 14.3 Å². The Kier molecular flexibility index (Phi) is 7.20. The Balaban J connectivity index is 1.60. The molecule has 0 aliphatic carbocycles. The number of nitrogens with one attached hydrogen (secondary N) is 1. The molecule has 0 aromatic heterocycles. The fourth-order valence-electron chi connectivity index (χ4n) is 3.50. The van der Waals surface area contributed by atoms with Crippen molar-refractivity contribution in [2.75, 3.05) is 25.5 Å². The number of benzene rings is 2. The highest BCUT2D eigenvalue weighted by Gasteiger charge is 2.29. The van der Waals surface area contributed by atoms with Crippen molar-refractivity contribution in [3.05, 3.63) is 54.1 Å². The van der Waals surface area contributed by atoms with Gasteiger partial charge in [0.1, 0.15) is 5.75 Å². The second-order valence-corrected chi connectivity index (χ2v) is 9.04. The van der Waals surface area contributed by atoms with Crippen LogP contribution in [0.4, 0.5) is 5.69 Å². The van der Waals surface area contributed by atoms with Crippen LogP contribution in [0.5, 0.6) is 5.75 Å². The molecule has 0 spiro atoms. The summed E-state index contributed by atoms with van der Waals surface area (Å²) in [6, 6.07) is 15.2. The average Bonchev–Trinajstić information content (AvgIpc) is 2.73. The number of anilines is 1. The summed E-state index contributed by atoms with van der Waals surface area (Å²) in [5.41, 5.74) is 1.43. The van der Waals surface area contributed by atoms with E-state index >= 15 is 0 Å². The van der Waals surface area contributed by atoms with E-state index in [-0.39, 0.29) is 17.7 Å². The van der Waals surface area contributed by atoms with E-state index in [0.717, 1.165) is 10.5 Å². The van der Waals surface area contributed by atoms with Crippen molar-refractivity contribution in [3.63, 3.8) is 0 Å². The number of likely N-dealkylation sites (tertiary alicyclic amines) is 1. The molecule has 1 N–H and O–H groups in total. The van der Waals surface area contributed by atoms with Crippen LogP contribution in [0.15, 0.2) is 53.4 Å². The number of amides is 2. The van der Waals surface area contributed by atoms with E-state index in [1.54, 1.807) is 18.9 Å². The molecule has 1 saturated heterocycles. The van der Waals surface area contributed by atoms with Crippen LogP contribution in [0.2, 0.25) is 0 Å². The highest BCUT2D eigenvalue weighted by molar-refractivity contribution is 8.00. The van der Waals surface area contributed by atoms with Crippen LogP contribution in [0, 0.1) is 5.92 Å². The molecular formula is C23H28N2O3S. The topological polar surface area (TPSA) is 58.6 Å². The van der Waals surface area contributed by atoms with Gasteiger partial charge in [-0.15, -0.1) is 11.8 Å². The van der Waals surface area contributed by atoms with Gasteiger partial charge in [-0.25, -0.2) is 0 Å². The van der Waals surface area contributed by atoms with Gasteiger partial charge in [-0.1, -0.05) is 38.1 Å². The summed E-state index contributed by atoms with van der Waals surface area (Å²) < 4.78 is 5.30. The maximum atomic E-state index is 13.0. The Labute approximate surface area is 176 Å². The predicted octanol–water partition coefficient (Wildman–Crippen LogP) is 4.69. The minimum atomic E-state index is -0.107. The molecule has 2 amide bonds. The summed E-state index contributed by atoms with van der Waals surface area (Å²) in [6.07, 6.45) is 1.32. The van der Waals surface area contributed by atoms with Crippen molar-refractivity contribution in [1.82, 2.24) is 4.90 Å². The molecule has 1 fully saturated rings. The number of hydrogen-bond acceptors (Lipinski definition) is 4. The smallest absolute Gasteiger partial charge is 0.254 e. The molecule has 2 aromatic rings. The molecule has 0 atom stereocenters. The quantitative estimate of drug-likeness (QED) is 0.700. The molecule has 5 nitrogen and oxygen atoms in total. The monoisotopic (exact) mass is 412 g/mol. The first-order valence-electron chi connectivity index (χ1n) is 9.98. The SMILES string of the molecule is COc1ccccc1NC(=O)C1CCN(C(=O)c2ccccc2SC(C)C)CC1. The average molecular weight is 413 g/mol. The molecule has 2 aromatic carbocycles. The van der Waals surface area contributed by atoms with Gasteiger partial charge in [-0.3, -0.25) is 9.59 Å². The lowest BCUT2D eigenvalue weighted by Gasteiger charge is -2.32. The van der Waals surface area contributed by atoms with E-state index in [4.69, 9.17) is 4.74 Å². The third kappa shape index (κ3) is 5.32. The molecule has 6 heteroatoms. The predicted molar refractivity (Wildman–Crippen MR) is 118 cm³/mol. The molecule has 1 aliphatic heterocycles. The first-order chi connectivity index (χ1) is 14.0. The summed E-state index contributed by atoms with van der Waals surface area (Å²) in [5, 5.41) is 3.38. The lowest BCUT2D eigenvalue weighted by molar-refractivity contribution is -0.121. The van der Waals surface area contributed by atoms with Crippen LogP contribution in [0.1, 0.15) is 37.0 Å². The third-order valence-corrected chi connectivity index (χ3v) is 6.08. The van der Waals surface area contributed by atoms with Crippen molar-refractivity contribution in [3.8, 4) is 5.75 Å². The molecule has 0 radical (unpaired) electrons. The molecule has 0 bridgehead atoms. The summed E-state index contributed by atoms with van der Waals surface area (Å²) in [6.45, 7) is 5.42. The molecule has 154 valence electrons. The summed E-state index contributed by atoms with van der Waals surface area (Å²) in [4.78, 5) is 28.6. The zero-order valence-electron chi connectivity index (χ0n) is 17.2. The number of nitrogens with zero attached hydrogens (tertiary/aromatic N) is 1. The van der Waals surface area contributed by atoms with E-state index in [9.17, 15) is 9.59 Å². The fourth-order valence-corrected chi connectivity index (χ4v) is 4.45. The number of thioether (sulfide) groups is 1. The van der Waals surface area contributed by atoms with Gasteiger partial charge in [0, 0.05) is 29.2 Å². The van der Waals surface area contributed by atoms with Crippen LogP contribution < -0.4 is 10.1 Å². The largest absolute Gasteiger partial charge is 0.495 e. The van der Waals surface area contributed by atoms with Gasteiger partial charge in [0.2, 0.25) is 5.91 Å². The van der Waals surface area contributed by atoms with Crippen LogP contribution >= 0.6 is 11.8 Å². The summed E-state index contributed by atoms with van der Waals surface area (Å²) in [7, 11) is 1.59. The lowest BCUT2D eigenvalue weighted by Crippen LogP contribution is -2.41. The van der Waals surface area contributed by atoms with Gasteiger partial charge in [0.05, 0.1) is 18.4 Å². The number of carbonyl (C=O) groups excluding carboxylic acids is 2. The van der Waals surface area contributed by atoms with E-state index < -0.39 is 0 Å². The van der Waals surface area contributed by atoms with Gasteiger partial charge in [-0.2, -0.15) is 0 Å². The molecule has 1 aliphatic rings. The van der Waals surface area contributed by atoms with Crippen LogP contribution in [0.3, 0.4) is 0 Å². The fraction of sp³-hybridized carbons (Fsp3) is 0.391. The zero-order valence-corrected chi connectivity index (χ0v) is 18.0. The summed E-state index contributed by atoms with van der Waals surface area (Å²) >= 11 is 1.70. The minimum absolute atomic E-state index is 0.0163. The van der Waals surface area contributed by atoms with E-state index in [0.29, 0.717) is 42.6 Å². The Bertz CT molecular complexity index is 861. The van der Waals surface area contributed by atoms with Crippen molar-refractivity contribution in [2.45, 2.75) is 36.8 Å². The Hall–Kier alpha value is -2.47. The molecule has 3 rings (SSSR count). The second-order valence-electron chi connectivity index (χ2n) is 7.42. The van der Waals surface area contributed by atoms with Crippen molar-refractivity contribution in [2.24, 2.45) is 5.92 Å². The minimum Gasteiger partial charge on any atom is -0.495 e. The standard InChI is InChI=1S/C23H28N2O3S/c1-16(2)29-21-11-7-4-8-18(21)23(27)25-14-12-17(13-15-25)22(26)24-19-9-5-6-10-20(19)28-3/h4-11,16-17H,12-15H2,1-3H3,(H,24,26). The van der Waals surface area contributed by atoms with E-state index in [1.807, 2.05) is 53.4 Å². The van der Waals surface area contributed by atoms with Gasteiger partial charge in [-0.05, 0) is 37.1 Å². The van der Waals surface area contributed by atoms with Gasteiger partial charge >= 0.3 is 0 Å². The number of hydrogen-bond donors (Lipinski definition) is 1. The molecular weight excluding hydrogens is 384 g/mol. The lowest BCUT2D eigenvalue weighted by atomic mass is 9.95. The number of rotatable bonds is 6. The molecule has 0 saturated carbocycles. The third-order valence-electron chi connectivity index (χ3n) is 5.00. The van der Waals surface area contributed by atoms with E-state index in [2.05, 4.69) is 19.2 Å². The molecule has 0 unspecified atom stereocenters.